The maximum Gasteiger partial charge on any atom is 0.384 e. The first-order chi connectivity index (χ1) is 12.6. The Balaban J connectivity index is 1.59. The molecule has 0 unspecified atom stereocenters. The largest absolute Gasteiger partial charge is 0.384 e. The highest BCUT2D eigenvalue weighted by Gasteiger charge is 2.39. The number of rotatable bonds is 3. The second kappa shape index (κ2) is 5.96. The first-order valence-corrected chi connectivity index (χ1v) is 7.88. The normalized spacial score (nSPS) is 13.0. The minimum atomic E-state index is -0.879. The molecule has 128 valence electrons. The molecule has 0 fully saturated rings. The van der Waals surface area contributed by atoms with Gasteiger partial charge in [0.05, 0.1) is 11.1 Å². The lowest BCUT2D eigenvalue weighted by molar-refractivity contribution is -0.0588. The Morgan fingerprint density at radius 3 is 2.15 bits per heavy atom. The Kier molecular flexibility index (Phi) is 3.62. The van der Waals surface area contributed by atoms with Gasteiger partial charge in [0, 0.05) is 11.3 Å². The van der Waals surface area contributed by atoms with E-state index in [1.165, 1.54) is 12.1 Å². The third kappa shape index (κ3) is 2.46. The molecule has 0 saturated carbocycles. The molecule has 4 rings (SSSR count). The van der Waals surface area contributed by atoms with E-state index in [1.54, 1.807) is 19.1 Å². The van der Waals surface area contributed by atoms with E-state index in [9.17, 15) is 14.4 Å². The summed E-state index contributed by atoms with van der Waals surface area (Å²) in [5.41, 5.74) is 1.70. The molecule has 1 aromatic heterocycles. The number of nitrogens with zero attached hydrogens (tertiary/aromatic N) is 2. The fourth-order valence-corrected chi connectivity index (χ4v) is 2.77. The molecule has 3 aromatic rings. The number of hydrogen-bond acceptors (Lipinski definition) is 5. The second-order valence-corrected chi connectivity index (χ2v) is 5.75. The van der Waals surface area contributed by atoms with Crippen molar-refractivity contribution in [2.45, 2.75) is 6.92 Å². The van der Waals surface area contributed by atoms with Crippen LogP contribution in [0.2, 0.25) is 0 Å². The van der Waals surface area contributed by atoms with Crippen LogP contribution in [0.15, 0.2) is 54.6 Å². The number of H-pyrrole nitrogens is 1. The number of nitrogens with one attached hydrogen (secondary N) is 1. The molecule has 7 heteroatoms. The molecule has 2 amide bonds. The Bertz CT molecular complexity index is 1000. The van der Waals surface area contributed by atoms with Crippen molar-refractivity contribution in [1.29, 1.82) is 0 Å². The zero-order chi connectivity index (χ0) is 18.3. The highest BCUT2D eigenvalue weighted by Crippen LogP contribution is 2.24. The van der Waals surface area contributed by atoms with Crippen molar-refractivity contribution in [3.05, 3.63) is 77.1 Å². The zero-order valence-electron chi connectivity index (χ0n) is 13.7. The molecule has 0 radical (unpaired) electrons. The Morgan fingerprint density at radius 1 is 0.962 bits per heavy atom. The average Bonchev–Trinajstić information content (AvgIpc) is 3.17. The highest BCUT2D eigenvalue weighted by molar-refractivity contribution is 6.21. The minimum Gasteiger partial charge on any atom is -0.341 e. The molecule has 1 aliphatic heterocycles. The summed E-state index contributed by atoms with van der Waals surface area (Å²) in [6.07, 6.45) is 0. The summed E-state index contributed by atoms with van der Waals surface area (Å²) >= 11 is 0. The lowest BCUT2D eigenvalue weighted by atomic mass is 10.1. The number of imide groups is 1. The molecular weight excluding hydrogens is 334 g/mol. The van der Waals surface area contributed by atoms with Crippen LogP contribution < -0.4 is 0 Å². The number of aromatic amines is 1. The summed E-state index contributed by atoms with van der Waals surface area (Å²) in [6, 6.07) is 15.6. The number of fused-ring (bicyclic) bond motifs is 1. The van der Waals surface area contributed by atoms with Crippen LogP contribution >= 0.6 is 0 Å². The van der Waals surface area contributed by atoms with Crippen molar-refractivity contribution in [2.75, 3.05) is 0 Å². The summed E-state index contributed by atoms with van der Waals surface area (Å²) in [4.78, 5) is 49.3. The maximum atomic E-state index is 12.5. The van der Waals surface area contributed by atoms with E-state index in [0.29, 0.717) is 16.6 Å². The summed E-state index contributed by atoms with van der Waals surface area (Å²) in [7, 11) is 0. The third-order valence-corrected chi connectivity index (χ3v) is 4.06. The third-order valence-electron chi connectivity index (χ3n) is 4.06. The van der Waals surface area contributed by atoms with Crippen molar-refractivity contribution in [2.24, 2.45) is 0 Å². The van der Waals surface area contributed by atoms with Crippen LogP contribution in [0, 0.1) is 6.92 Å². The average molecular weight is 347 g/mol. The molecular formula is C19H13N3O4. The van der Waals surface area contributed by atoms with Crippen molar-refractivity contribution < 1.29 is 19.2 Å². The van der Waals surface area contributed by atoms with Gasteiger partial charge in [0.25, 0.3) is 11.8 Å². The Morgan fingerprint density at radius 2 is 1.54 bits per heavy atom. The van der Waals surface area contributed by atoms with Gasteiger partial charge in [-0.2, -0.15) is 0 Å². The van der Waals surface area contributed by atoms with Gasteiger partial charge in [0.1, 0.15) is 5.82 Å². The van der Waals surface area contributed by atoms with E-state index in [4.69, 9.17) is 4.84 Å². The topological polar surface area (TPSA) is 92.4 Å². The monoisotopic (exact) mass is 347 g/mol. The lowest BCUT2D eigenvalue weighted by Crippen LogP contribution is -2.33. The van der Waals surface area contributed by atoms with Gasteiger partial charge in [-0.25, -0.2) is 9.78 Å². The first kappa shape index (κ1) is 15.8. The Labute approximate surface area is 148 Å². The molecule has 0 bridgehead atoms. The van der Waals surface area contributed by atoms with Crippen molar-refractivity contribution in [1.82, 2.24) is 15.0 Å². The smallest absolute Gasteiger partial charge is 0.341 e. The fourth-order valence-electron chi connectivity index (χ4n) is 2.77. The van der Waals surface area contributed by atoms with Crippen molar-refractivity contribution >= 4 is 17.8 Å². The maximum absolute atomic E-state index is 12.5. The molecule has 0 aliphatic carbocycles. The van der Waals surface area contributed by atoms with Gasteiger partial charge in [-0.1, -0.05) is 47.5 Å². The molecule has 7 nitrogen and oxygen atoms in total. The molecule has 0 spiro atoms. The number of hydrogen-bond donors (Lipinski definition) is 1. The molecule has 0 saturated heterocycles. The number of carbonyl (C=O) groups is 3. The SMILES string of the molecule is Cc1[nH]c(-c2ccccc2)nc1C(=O)ON1C(=O)c2ccccc2C1=O. The molecule has 2 heterocycles. The van der Waals surface area contributed by atoms with Crippen LogP contribution in [-0.2, 0) is 4.84 Å². The highest BCUT2D eigenvalue weighted by atomic mass is 16.7. The van der Waals surface area contributed by atoms with E-state index in [-0.39, 0.29) is 16.8 Å². The standard InChI is InChI=1S/C19H13N3O4/c1-11-15(21-16(20-11)12-7-3-2-4-8-12)19(25)26-22-17(23)13-9-5-6-10-14(13)18(22)24/h2-10H,1H3,(H,20,21). The second-order valence-electron chi connectivity index (χ2n) is 5.75. The van der Waals surface area contributed by atoms with Crippen LogP contribution in [0.1, 0.15) is 36.9 Å². The molecule has 0 atom stereocenters. The van der Waals surface area contributed by atoms with Gasteiger partial charge < -0.3 is 9.82 Å². The molecule has 1 aliphatic rings. The molecule has 1 N–H and O–H groups in total. The number of benzene rings is 2. The van der Waals surface area contributed by atoms with Crippen LogP contribution in [0.3, 0.4) is 0 Å². The lowest BCUT2D eigenvalue weighted by Gasteiger charge is -2.11. The zero-order valence-corrected chi connectivity index (χ0v) is 13.7. The van der Waals surface area contributed by atoms with E-state index in [1.807, 2.05) is 30.3 Å². The van der Waals surface area contributed by atoms with Crippen LogP contribution in [0.25, 0.3) is 11.4 Å². The fraction of sp³-hybridized carbons (Fsp3) is 0.0526. The summed E-state index contributed by atoms with van der Waals surface area (Å²) < 4.78 is 0. The van der Waals surface area contributed by atoms with E-state index in [0.717, 1.165) is 5.56 Å². The van der Waals surface area contributed by atoms with Crippen LogP contribution in [-0.4, -0.2) is 32.8 Å². The minimum absolute atomic E-state index is 0.0143. The summed E-state index contributed by atoms with van der Waals surface area (Å²) in [5.74, 6) is -1.72. The molecule has 26 heavy (non-hydrogen) atoms. The van der Waals surface area contributed by atoms with E-state index >= 15 is 0 Å². The number of hydroxylamine groups is 2. The predicted molar refractivity (Wildman–Crippen MR) is 91.1 cm³/mol. The number of amides is 2. The van der Waals surface area contributed by atoms with E-state index in [2.05, 4.69) is 9.97 Å². The van der Waals surface area contributed by atoms with Crippen LogP contribution in [0.5, 0.6) is 0 Å². The van der Waals surface area contributed by atoms with Gasteiger partial charge in [-0.3, -0.25) is 9.59 Å². The Hall–Kier alpha value is -3.74. The van der Waals surface area contributed by atoms with Gasteiger partial charge >= 0.3 is 5.97 Å². The van der Waals surface area contributed by atoms with Crippen molar-refractivity contribution in [3.63, 3.8) is 0 Å². The predicted octanol–water partition coefficient (Wildman–Crippen LogP) is 2.75. The number of aromatic nitrogens is 2. The van der Waals surface area contributed by atoms with Crippen molar-refractivity contribution in [3.8, 4) is 11.4 Å². The van der Waals surface area contributed by atoms with Crippen LogP contribution in [0.4, 0.5) is 0 Å². The number of carbonyl (C=O) groups excluding carboxylic acids is 3. The van der Waals surface area contributed by atoms with Gasteiger partial charge in [-0.15, -0.1) is 0 Å². The van der Waals surface area contributed by atoms with Gasteiger partial charge in [0.2, 0.25) is 0 Å². The summed E-state index contributed by atoms with van der Waals surface area (Å²) in [5, 5.41) is 0.476. The number of imidazole rings is 1. The quantitative estimate of drug-likeness (QED) is 0.736. The van der Waals surface area contributed by atoms with Gasteiger partial charge in [0.15, 0.2) is 5.69 Å². The number of aryl methyl sites for hydroxylation is 1. The molecule has 2 aromatic carbocycles. The summed E-state index contributed by atoms with van der Waals surface area (Å²) in [6.45, 7) is 1.67. The van der Waals surface area contributed by atoms with E-state index < -0.39 is 17.8 Å². The first-order valence-electron chi connectivity index (χ1n) is 7.88. The van der Waals surface area contributed by atoms with Gasteiger partial charge in [-0.05, 0) is 19.1 Å².